The van der Waals surface area contributed by atoms with Crippen molar-refractivity contribution in [2.75, 3.05) is 25.7 Å². The Morgan fingerprint density at radius 2 is 1.93 bits per heavy atom. The molecule has 0 unspecified atom stereocenters. The van der Waals surface area contributed by atoms with Gasteiger partial charge in [0.2, 0.25) is 5.95 Å². The van der Waals surface area contributed by atoms with Gasteiger partial charge in [-0.2, -0.15) is 0 Å². The van der Waals surface area contributed by atoms with Gasteiger partial charge < -0.3 is 19.7 Å². The van der Waals surface area contributed by atoms with Gasteiger partial charge in [0.05, 0.1) is 14.2 Å². The Hall–Kier alpha value is -3.61. The number of nitrogens with zero attached hydrogens (tertiary/aromatic N) is 3. The second-order valence-corrected chi connectivity index (χ2v) is 6.64. The number of benzene rings is 2. The summed E-state index contributed by atoms with van der Waals surface area (Å²) in [6.07, 6.45) is 2.56. The van der Waals surface area contributed by atoms with Crippen molar-refractivity contribution in [3.63, 3.8) is 0 Å². The topological polar surface area (TPSA) is 76.6 Å². The summed E-state index contributed by atoms with van der Waals surface area (Å²) in [5.41, 5.74) is 3.59. The molecule has 0 radical (unpaired) electrons. The number of para-hydroxylation sites is 1. The molecule has 0 fully saturated rings. The molecule has 1 aromatic heterocycles. The van der Waals surface area contributed by atoms with Crippen LogP contribution in [-0.4, -0.2) is 36.6 Å². The van der Waals surface area contributed by atoms with E-state index in [2.05, 4.69) is 27.4 Å². The van der Waals surface area contributed by atoms with Crippen molar-refractivity contribution < 1.29 is 14.3 Å². The molecule has 0 saturated heterocycles. The second-order valence-electron chi connectivity index (χ2n) is 6.64. The minimum Gasteiger partial charge on any atom is -0.493 e. The van der Waals surface area contributed by atoms with E-state index < -0.39 is 0 Å². The standard InChI is InChI=1S/C22H22N4O3/c1-28-19-8-7-15(13-20(19)29-2)14-24-21(27)17-9-11-23-22(25-17)26-12-10-16-5-3-4-6-18(16)26/h3-9,11,13H,10,12,14H2,1-2H3,(H,24,27). The van der Waals surface area contributed by atoms with Gasteiger partial charge in [0.25, 0.3) is 5.91 Å². The minimum absolute atomic E-state index is 0.254. The van der Waals surface area contributed by atoms with E-state index in [1.165, 1.54) is 5.56 Å². The molecule has 0 atom stereocenters. The van der Waals surface area contributed by atoms with Gasteiger partial charge in [-0.15, -0.1) is 0 Å². The zero-order valence-corrected chi connectivity index (χ0v) is 16.4. The first-order valence-electron chi connectivity index (χ1n) is 9.37. The molecule has 0 saturated carbocycles. The first kappa shape index (κ1) is 18.7. The molecule has 2 heterocycles. The highest BCUT2D eigenvalue weighted by Gasteiger charge is 2.22. The number of hydrogen-bond acceptors (Lipinski definition) is 6. The molecule has 148 valence electrons. The van der Waals surface area contributed by atoms with Crippen LogP contribution in [0.15, 0.2) is 54.7 Å². The van der Waals surface area contributed by atoms with Crippen LogP contribution in [0.4, 0.5) is 11.6 Å². The summed E-state index contributed by atoms with van der Waals surface area (Å²) in [6.45, 7) is 1.15. The fourth-order valence-electron chi connectivity index (χ4n) is 3.41. The maximum atomic E-state index is 12.6. The van der Waals surface area contributed by atoms with Crippen LogP contribution in [0.5, 0.6) is 11.5 Å². The number of rotatable bonds is 6. The van der Waals surface area contributed by atoms with E-state index in [4.69, 9.17) is 9.47 Å². The molecule has 1 amide bonds. The van der Waals surface area contributed by atoms with Crippen LogP contribution in [0.3, 0.4) is 0 Å². The number of hydrogen-bond donors (Lipinski definition) is 1. The normalized spacial score (nSPS) is 12.4. The highest BCUT2D eigenvalue weighted by atomic mass is 16.5. The molecule has 0 spiro atoms. The van der Waals surface area contributed by atoms with Crippen LogP contribution in [0.2, 0.25) is 0 Å². The van der Waals surface area contributed by atoms with Crippen LogP contribution in [0, 0.1) is 0 Å². The van der Waals surface area contributed by atoms with Crippen molar-refractivity contribution in [1.82, 2.24) is 15.3 Å². The van der Waals surface area contributed by atoms with E-state index in [-0.39, 0.29) is 5.91 Å². The Kier molecular flexibility index (Phi) is 5.29. The molecule has 4 rings (SSSR count). The van der Waals surface area contributed by atoms with Gasteiger partial charge in [0.15, 0.2) is 11.5 Å². The first-order valence-corrected chi connectivity index (χ1v) is 9.37. The van der Waals surface area contributed by atoms with Gasteiger partial charge in [-0.25, -0.2) is 9.97 Å². The number of anilines is 2. The lowest BCUT2D eigenvalue weighted by Gasteiger charge is -2.17. The predicted molar refractivity (Wildman–Crippen MR) is 110 cm³/mol. The van der Waals surface area contributed by atoms with Gasteiger partial charge in [-0.1, -0.05) is 24.3 Å². The third-order valence-electron chi connectivity index (χ3n) is 4.91. The zero-order chi connectivity index (χ0) is 20.2. The molecule has 1 N–H and O–H groups in total. The molecule has 7 nitrogen and oxygen atoms in total. The minimum atomic E-state index is -0.254. The van der Waals surface area contributed by atoms with E-state index in [0.717, 1.165) is 24.2 Å². The van der Waals surface area contributed by atoms with E-state index in [0.29, 0.717) is 29.7 Å². The van der Waals surface area contributed by atoms with Crippen LogP contribution in [0.25, 0.3) is 0 Å². The highest BCUT2D eigenvalue weighted by molar-refractivity contribution is 5.92. The number of amides is 1. The van der Waals surface area contributed by atoms with Crippen molar-refractivity contribution in [1.29, 1.82) is 0 Å². The summed E-state index contributed by atoms with van der Waals surface area (Å²) < 4.78 is 10.5. The van der Waals surface area contributed by atoms with Gasteiger partial charge in [0, 0.05) is 25.0 Å². The van der Waals surface area contributed by atoms with Crippen molar-refractivity contribution in [3.8, 4) is 11.5 Å². The van der Waals surface area contributed by atoms with Gasteiger partial charge in [-0.3, -0.25) is 4.79 Å². The average Bonchev–Trinajstić information content (AvgIpc) is 3.21. The Morgan fingerprint density at radius 3 is 2.76 bits per heavy atom. The summed E-state index contributed by atoms with van der Waals surface area (Å²) in [7, 11) is 3.17. The predicted octanol–water partition coefficient (Wildman–Crippen LogP) is 3.12. The largest absolute Gasteiger partial charge is 0.493 e. The smallest absolute Gasteiger partial charge is 0.270 e. The van der Waals surface area contributed by atoms with Crippen molar-refractivity contribution in [3.05, 3.63) is 71.5 Å². The lowest BCUT2D eigenvalue weighted by atomic mass is 10.2. The van der Waals surface area contributed by atoms with Gasteiger partial charge >= 0.3 is 0 Å². The van der Waals surface area contributed by atoms with E-state index in [9.17, 15) is 4.79 Å². The summed E-state index contributed by atoms with van der Waals surface area (Å²) in [5.74, 6) is 1.55. The fourth-order valence-corrected chi connectivity index (χ4v) is 3.41. The zero-order valence-electron chi connectivity index (χ0n) is 16.4. The molecule has 0 aliphatic carbocycles. The Bertz CT molecular complexity index is 1040. The Labute approximate surface area is 169 Å². The lowest BCUT2D eigenvalue weighted by molar-refractivity contribution is 0.0946. The maximum absolute atomic E-state index is 12.6. The van der Waals surface area contributed by atoms with Crippen molar-refractivity contribution in [2.45, 2.75) is 13.0 Å². The molecular weight excluding hydrogens is 368 g/mol. The number of carbonyl (C=O) groups excluding carboxylic acids is 1. The summed E-state index contributed by atoms with van der Waals surface area (Å²) in [5, 5.41) is 2.90. The maximum Gasteiger partial charge on any atom is 0.270 e. The molecule has 1 aliphatic rings. The van der Waals surface area contributed by atoms with Crippen molar-refractivity contribution in [2.24, 2.45) is 0 Å². The summed E-state index contributed by atoms with van der Waals surface area (Å²) >= 11 is 0. The molecule has 3 aromatic rings. The number of carbonyl (C=O) groups is 1. The second kappa shape index (κ2) is 8.18. The molecule has 2 aromatic carbocycles. The van der Waals surface area contributed by atoms with Gasteiger partial charge in [0.1, 0.15) is 5.69 Å². The number of methoxy groups -OCH3 is 2. The third kappa shape index (κ3) is 3.85. The highest BCUT2D eigenvalue weighted by Crippen LogP contribution is 2.32. The Morgan fingerprint density at radius 1 is 1.10 bits per heavy atom. The van der Waals surface area contributed by atoms with Crippen LogP contribution in [0.1, 0.15) is 21.6 Å². The molecular formula is C22H22N4O3. The number of nitrogens with one attached hydrogen (secondary N) is 1. The summed E-state index contributed by atoms with van der Waals surface area (Å²) in [4.78, 5) is 23.5. The third-order valence-corrected chi connectivity index (χ3v) is 4.91. The van der Waals surface area contributed by atoms with Gasteiger partial charge in [-0.05, 0) is 41.8 Å². The monoisotopic (exact) mass is 390 g/mol. The molecule has 7 heteroatoms. The number of ether oxygens (including phenoxy) is 2. The average molecular weight is 390 g/mol. The number of aromatic nitrogens is 2. The fraction of sp³-hybridized carbons (Fsp3) is 0.227. The summed E-state index contributed by atoms with van der Waals surface area (Å²) in [6, 6.07) is 15.3. The van der Waals surface area contributed by atoms with Crippen LogP contribution >= 0.6 is 0 Å². The van der Waals surface area contributed by atoms with Crippen molar-refractivity contribution >= 4 is 17.5 Å². The van der Waals surface area contributed by atoms with E-state index >= 15 is 0 Å². The van der Waals surface area contributed by atoms with E-state index in [1.807, 2.05) is 35.2 Å². The Balaban J connectivity index is 1.47. The molecule has 29 heavy (non-hydrogen) atoms. The van der Waals surface area contributed by atoms with E-state index in [1.54, 1.807) is 26.5 Å². The molecule has 1 aliphatic heterocycles. The molecule has 0 bridgehead atoms. The van der Waals surface area contributed by atoms with Crippen LogP contribution < -0.4 is 19.7 Å². The quantitative estimate of drug-likeness (QED) is 0.697. The lowest BCUT2D eigenvalue weighted by Crippen LogP contribution is -2.25. The first-order chi connectivity index (χ1) is 14.2. The number of fused-ring (bicyclic) bond motifs is 1. The SMILES string of the molecule is COc1ccc(CNC(=O)c2ccnc(N3CCc4ccccc43)n2)cc1OC. The van der Waals surface area contributed by atoms with Crippen LogP contribution in [-0.2, 0) is 13.0 Å².